The fourth-order valence-corrected chi connectivity index (χ4v) is 1.79. The summed E-state index contributed by atoms with van der Waals surface area (Å²) in [5.74, 6) is 1.72. The molecular formula is C15H14N4O2. The predicted molar refractivity (Wildman–Crippen MR) is 76.5 cm³/mol. The highest BCUT2D eigenvalue weighted by Gasteiger charge is 2.08. The van der Waals surface area contributed by atoms with Crippen LogP contribution in [0.15, 0.2) is 53.2 Å². The molecule has 0 atom stereocenters. The quantitative estimate of drug-likeness (QED) is 0.722. The van der Waals surface area contributed by atoms with Gasteiger partial charge >= 0.3 is 0 Å². The summed E-state index contributed by atoms with van der Waals surface area (Å²) >= 11 is 0. The fourth-order valence-electron chi connectivity index (χ4n) is 1.79. The van der Waals surface area contributed by atoms with Crippen molar-refractivity contribution in [2.45, 2.75) is 13.0 Å². The minimum absolute atomic E-state index is 0.221. The van der Waals surface area contributed by atoms with Gasteiger partial charge in [0.1, 0.15) is 5.75 Å². The Morgan fingerprint density at radius 2 is 1.95 bits per heavy atom. The summed E-state index contributed by atoms with van der Waals surface area (Å²) in [6.45, 7) is 0.221. The number of benzene rings is 1. The number of anilines is 1. The van der Waals surface area contributed by atoms with Crippen LogP contribution in [0.25, 0.3) is 0 Å². The monoisotopic (exact) mass is 282 g/mol. The predicted octanol–water partition coefficient (Wildman–Crippen LogP) is 2.22. The van der Waals surface area contributed by atoms with E-state index in [9.17, 15) is 0 Å². The number of ether oxygens (including phenoxy) is 1. The number of pyridine rings is 1. The van der Waals surface area contributed by atoms with E-state index in [0.29, 0.717) is 29.6 Å². The van der Waals surface area contributed by atoms with E-state index in [1.807, 2.05) is 18.2 Å². The molecule has 0 aliphatic rings. The number of nitrogens with two attached hydrogens (primary N) is 1. The molecule has 0 aliphatic carbocycles. The number of rotatable bonds is 5. The van der Waals surface area contributed by atoms with E-state index < -0.39 is 0 Å². The van der Waals surface area contributed by atoms with Gasteiger partial charge in [-0.25, -0.2) is 0 Å². The van der Waals surface area contributed by atoms with Crippen molar-refractivity contribution < 1.29 is 9.26 Å². The van der Waals surface area contributed by atoms with Gasteiger partial charge in [0.2, 0.25) is 0 Å². The summed E-state index contributed by atoms with van der Waals surface area (Å²) in [5.41, 5.74) is 7.19. The van der Waals surface area contributed by atoms with Crippen LogP contribution in [0.5, 0.6) is 5.75 Å². The Kier molecular flexibility index (Phi) is 3.77. The van der Waals surface area contributed by atoms with Gasteiger partial charge in [-0.2, -0.15) is 4.98 Å². The number of hydrogen-bond donors (Lipinski definition) is 1. The van der Waals surface area contributed by atoms with Crippen LogP contribution in [-0.2, 0) is 13.0 Å². The Bertz CT molecular complexity index is 695. The lowest BCUT2D eigenvalue weighted by molar-refractivity contribution is 0.242. The molecule has 21 heavy (non-hydrogen) atoms. The molecule has 0 fully saturated rings. The second kappa shape index (κ2) is 6.04. The highest BCUT2D eigenvalue weighted by molar-refractivity contribution is 5.41. The van der Waals surface area contributed by atoms with Crippen LogP contribution >= 0.6 is 0 Å². The van der Waals surface area contributed by atoms with Gasteiger partial charge in [0.05, 0.1) is 6.42 Å². The Balaban J connectivity index is 1.59. The molecule has 0 aliphatic heterocycles. The first kappa shape index (κ1) is 13.1. The van der Waals surface area contributed by atoms with Gasteiger partial charge in [0.25, 0.3) is 5.89 Å². The molecule has 106 valence electrons. The largest absolute Gasteiger partial charge is 0.484 e. The molecule has 2 N–H and O–H groups in total. The van der Waals surface area contributed by atoms with Crippen LogP contribution in [0.3, 0.4) is 0 Å². The average Bonchev–Trinajstić information content (AvgIpc) is 2.95. The zero-order valence-electron chi connectivity index (χ0n) is 11.3. The third-order valence-corrected chi connectivity index (χ3v) is 2.82. The van der Waals surface area contributed by atoms with E-state index >= 15 is 0 Å². The number of aromatic nitrogens is 3. The average molecular weight is 282 g/mol. The highest BCUT2D eigenvalue weighted by Crippen LogP contribution is 2.14. The van der Waals surface area contributed by atoms with Crippen LogP contribution in [0.4, 0.5) is 5.69 Å². The van der Waals surface area contributed by atoms with Crippen LogP contribution in [0.1, 0.15) is 17.4 Å². The zero-order valence-corrected chi connectivity index (χ0v) is 11.3. The topological polar surface area (TPSA) is 87.1 Å². The lowest BCUT2D eigenvalue weighted by atomic mass is 10.3. The highest BCUT2D eigenvalue weighted by atomic mass is 16.5. The van der Waals surface area contributed by atoms with E-state index in [0.717, 1.165) is 5.69 Å². The van der Waals surface area contributed by atoms with Crippen LogP contribution in [0, 0.1) is 0 Å². The van der Waals surface area contributed by atoms with Gasteiger partial charge < -0.3 is 15.0 Å². The van der Waals surface area contributed by atoms with E-state index in [-0.39, 0.29) is 6.61 Å². The third kappa shape index (κ3) is 3.56. The normalized spacial score (nSPS) is 10.5. The molecule has 2 aromatic heterocycles. The summed E-state index contributed by atoms with van der Waals surface area (Å²) in [6, 6.07) is 12.8. The van der Waals surface area contributed by atoms with Crippen molar-refractivity contribution in [1.29, 1.82) is 0 Å². The fraction of sp³-hybridized carbons (Fsp3) is 0.133. The van der Waals surface area contributed by atoms with E-state index in [1.54, 1.807) is 30.5 Å². The van der Waals surface area contributed by atoms with E-state index in [4.69, 9.17) is 15.0 Å². The van der Waals surface area contributed by atoms with Gasteiger partial charge in [-0.15, -0.1) is 0 Å². The maximum Gasteiger partial charge on any atom is 0.264 e. The lowest BCUT2D eigenvalue weighted by Crippen LogP contribution is -1.97. The molecule has 0 radical (unpaired) electrons. The van der Waals surface area contributed by atoms with Crippen molar-refractivity contribution in [2.75, 3.05) is 5.73 Å². The molecule has 6 nitrogen and oxygen atoms in total. The van der Waals surface area contributed by atoms with Crippen LogP contribution < -0.4 is 10.5 Å². The van der Waals surface area contributed by atoms with Crippen LogP contribution in [0.2, 0.25) is 0 Å². The second-order valence-corrected chi connectivity index (χ2v) is 4.46. The van der Waals surface area contributed by atoms with Crippen molar-refractivity contribution in [3.05, 3.63) is 66.1 Å². The molecule has 0 spiro atoms. The molecular weight excluding hydrogens is 268 g/mol. The maximum absolute atomic E-state index is 5.61. The molecule has 3 aromatic rings. The molecule has 3 rings (SSSR count). The van der Waals surface area contributed by atoms with Crippen LogP contribution in [-0.4, -0.2) is 15.1 Å². The van der Waals surface area contributed by atoms with Gasteiger partial charge in [0.15, 0.2) is 12.4 Å². The van der Waals surface area contributed by atoms with Crippen molar-refractivity contribution >= 4 is 5.69 Å². The molecule has 1 aromatic carbocycles. The SMILES string of the molecule is Nc1ccc(OCc2nc(Cc3ccccn3)no2)cc1. The summed E-state index contributed by atoms with van der Waals surface area (Å²) in [5, 5.41) is 3.91. The van der Waals surface area contributed by atoms with Gasteiger partial charge in [-0.3, -0.25) is 4.98 Å². The Hall–Kier alpha value is -2.89. The first-order chi connectivity index (χ1) is 10.3. The molecule has 6 heteroatoms. The first-order valence-corrected chi connectivity index (χ1v) is 6.49. The molecule has 0 unspecified atom stereocenters. The second-order valence-electron chi connectivity index (χ2n) is 4.46. The van der Waals surface area contributed by atoms with E-state index in [2.05, 4.69) is 15.1 Å². The van der Waals surface area contributed by atoms with Gasteiger partial charge in [0, 0.05) is 17.6 Å². The van der Waals surface area contributed by atoms with Gasteiger partial charge in [-0.05, 0) is 36.4 Å². The van der Waals surface area contributed by atoms with Crippen molar-refractivity contribution in [1.82, 2.24) is 15.1 Å². The summed E-state index contributed by atoms with van der Waals surface area (Å²) < 4.78 is 10.7. The maximum atomic E-state index is 5.61. The molecule has 0 amide bonds. The minimum atomic E-state index is 0.221. The number of nitrogen functional groups attached to an aromatic ring is 1. The lowest BCUT2D eigenvalue weighted by Gasteiger charge is -2.02. The Morgan fingerprint density at radius 3 is 2.71 bits per heavy atom. The smallest absolute Gasteiger partial charge is 0.264 e. The third-order valence-electron chi connectivity index (χ3n) is 2.82. The molecule has 0 saturated heterocycles. The minimum Gasteiger partial charge on any atom is -0.484 e. The summed E-state index contributed by atoms with van der Waals surface area (Å²) in [6.07, 6.45) is 2.27. The Morgan fingerprint density at radius 1 is 1.10 bits per heavy atom. The van der Waals surface area contributed by atoms with Crippen molar-refractivity contribution in [3.8, 4) is 5.75 Å². The zero-order chi connectivity index (χ0) is 14.5. The first-order valence-electron chi connectivity index (χ1n) is 6.49. The van der Waals surface area contributed by atoms with Crippen molar-refractivity contribution in [2.24, 2.45) is 0 Å². The number of nitrogens with zero attached hydrogens (tertiary/aromatic N) is 3. The molecule has 0 bridgehead atoms. The summed E-state index contributed by atoms with van der Waals surface area (Å²) in [7, 11) is 0. The van der Waals surface area contributed by atoms with Crippen molar-refractivity contribution in [3.63, 3.8) is 0 Å². The Labute approximate surface area is 121 Å². The molecule has 2 heterocycles. The summed E-state index contributed by atoms with van der Waals surface area (Å²) in [4.78, 5) is 8.49. The standard InChI is InChI=1S/C15H14N4O2/c16-11-4-6-13(7-5-11)20-10-15-18-14(19-21-15)9-12-3-1-2-8-17-12/h1-8H,9-10,16H2. The van der Waals surface area contributed by atoms with Gasteiger partial charge in [-0.1, -0.05) is 11.2 Å². The van der Waals surface area contributed by atoms with E-state index in [1.165, 1.54) is 0 Å². The molecule has 0 saturated carbocycles. The number of hydrogen-bond acceptors (Lipinski definition) is 6.